The number of nitrogens with zero attached hydrogens (tertiary/aromatic N) is 1. The molecule has 0 aliphatic heterocycles. The summed E-state index contributed by atoms with van der Waals surface area (Å²) >= 11 is 0. The van der Waals surface area contributed by atoms with Crippen molar-refractivity contribution >= 4 is 5.97 Å². The molecule has 1 heterocycles. The lowest BCUT2D eigenvalue weighted by Gasteiger charge is -2.12. The zero-order chi connectivity index (χ0) is 11.6. The van der Waals surface area contributed by atoms with Crippen LogP contribution in [0.25, 0.3) is 0 Å². The van der Waals surface area contributed by atoms with Crippen LogP contribution < -0.4 is 5.56 Å². The maximum absolute atomic E-state index is 11.6. The van der Waals surface area contributed by atoms with E-state index in [0.717, 1.165) is 5.56 Å². The number of ether oxygens (including phenoxy) is 1. The molecule has 0 aromatic carbocycles. The second kappa shape index (κ2) is 4.29. The average Bonchev–Trinajstić information content (AvgIpc) is 2.24. The summed E-state index contributed by atoms with van der Waals surface area (Å²) in [5.74, 6) is -0.727. The van der Waals surface area contributed by atoms with Gasteiger partial charge >= 0.3 is 5.97 Å². The minimum Gasteiger partial charge on any atom is -0.469 e. The standard InChI is InChI=1S/C11H15NO3/c1-7-9(8(2)11(14)15-4)5-6-12(3)10(7)13/h5-6,8H,1-4H3. The molecular formula is C11H15NO3. The third kappa shape index (κ3) is 2.09. The molecule has 0 aliphatic rings. The number of methoxy groups -OCH3 is 1. The third-order valence-corrected chi connectivity index (χ3v) is 2.57. The smallest absolute Gasteiger partial charge is 0.312 e. The SMILES string of the molecule is COC(=O)C(C)c1ccn(C)c(=O)c1C. The molecule has 82 valence electrons. The second-order valence-corrected chi connectivity index (χ2v) is 3.56. The van der Waals surface area contributed by atoms with Crippen LogP contribution >= 0.6 is 0 Å². The van der Waals surface area contributed by atoms with E-state index in [0.29, 0.717) is 5.56 Å². The van der Waals surface area contributed by atoms with Gasteiger partial charge in [0.25, 0.3) is 5.56 Å². The van der Waals surface area contributed by atoms with Gasteiger partial charge in [0.05, 0.1) is 13.0 Å². The molecule has 0 aliphatic carbocycles. The minimum atomic E-state index is -0.399. The van der Waals surface area contributed by atoms with Crippen molar-refractivity contribution in [1.82, 2.24) is 4.57 Å². The number of hydrogen-bond donors (Lipinski definition) is 0. The molecule has 1 rings (SSSR count). The summed E-state index contributed by atoms with van der Waals surface area (Å²) in [6, 6.07) is 1.78. The Morgan fingerprint density at radius 2 is 2.13 bits per heavy atom. The summed E-state index contributed by atoms with van der Waals surface area (Å²) in [5.41, 5.74) is 1.24. The molecule has 15 heavy (non-hydrogen) atoms. The molecule has 1 aromatic rings. The van der Waals surface area contributed by atoms with Gasteiger partial charge in [0.1, 0.15) is 0 Å². The van der Waals surface area contributed by atoms with Crippen molar-refractivity contribution in [2.45, 2.75) is 19.8 Å². The van der Waals surface area contributed by atoms with Crippen molar-refractivity contribution in [2.75, 3.05) is 7.11 Å². The van der Waals surface area contributed by atoms with E-state index in [1.54, 1.807) is 33.2 Å². The molecule has 0 fully saturated rings. The monoisotopic (exact) mass is 209 g/mol. The Morgan fingerprint density at radius 3 is 2.67 bits per heavy atom. The first kappa shape index (κ1) is 11.5. The highest BCUT2D eigenvalue weighted by molar-refractivity contribution is 5.77. The maximum Gasteiger partial charge on any atom is 0.312 e. The van der Waals surface area contributed by atoms with E-state index in [2.05, 4.69) is 4.74 Å². The highest BCUT2D eigenvalue weighted by Gasteiger charge is 2.18. The zero-order valence-corrected chi connectivity index (χ0v) is 9.40. The molecular weight excluding hydrogens is 194 g/mol. The summed E-state index contributed by atoms with van der Waals surface area (Å²) in [7, 11) is 3.02. The maximum atomic E-state index is 11.6. The van der Waals surface area contributed by atoms with Crippen LogP contribution in [0.5, 0.6) is 0 Å². The van der Waals surface area contributed by atoms with Crippen molar-refractivity contribution in [3.8, 4) is 0 Å². The molecule has 1 atom stereocenters. The Morgan fingerprint density at radius 1 is 1.53 bits per heavy atom. The lowest BCUT2D eigenvalue weighted by Crippen LogP contribution is -2.23. The highest BCUT2D eigenvalue weighted by Crippen LogP contribution is 2.17. The van der Waals surface area contributed by atoms with Gasteiger partial charge in [0.2, 0.25) is 0 Å². The van der Waals surface area contributed by atoms with Crippen molar-refractivity contribution in [2.24, 2.45) is 7.05 Å². The van der Waals surface area contributed by atoms with Gasteiger partial charge in [0.15, 0.2) is 0 Å². The Kier molecular flexibility index (Phi) is 3.29. The predicted octanol–water partition coefficient (Wildman–Crippen LogP) is 0.970. The van der Waals surface area contributed by atoms with Crippen LogP contribution in [-0.4, -0.2) is 17.6 Å². The van der Waals surface area contributed by atoms with E-state index in [1.807, 2.05) is 0 Å². The van der Waals surface area contributed by atoms with Crippen molar-refractivity contribution in [1.29, 1.82) is 0 Å². The van der Waals surface area contributed by atoms with E-state index in [4.69, 9.17) is 0 Å². The zero-order valence-electron chi connectivity index (χ0n) is 9.40. The molecule has 0 N–H and O–H groups in total. The molecule has 0 radical (unpaired) electrons. The molecule has 0 bridgehead atoms. The number of carbonyl (C=O) groups excluding carboxylic acids is 1. The number of aromatic nitrogens is 1. The van der Waals surface area contributed by atoms with E-state index in [9.17, 15) is 9.59 Å². The summed E-state index contributed by atoms with van der Waals surface area (Å²) in [6.45, 7) is 3.45. The van der Waals surface area contributed by atoms with Crippen LogP contribution in [0.3, 0.4) is 0 Å². The molecule has 1 aromatic heterocycles. The van der Waals surface area contributed by atoms with E-state index in [1.165, 1.54) is 11.7 Å². The van der Waals surface area contributed by atoms with Crippen LogP contribution in [0.15, 0.2) is 17.1 Å². The van der Waals surface area contributed by atoms with Gasteiger partial charge in [-0.25, -0.2) is 0 Å². The number of carbonyl (C=O) groups is 1. The topological polar surface area (TPSA) is 48.3 Å². The summed E-state index contributed by atoms with van der Waals surface area (Å²) in [4.78, 5) is 22.9. The first-order valence-corrected chi connectivity index (χ1v) is 4.73. The predicted molar refractivity (Wildman–Crippen MR) is 56.9 cm³/mol. The van der Waals surface area contributed by atoms with E-state index in [-0.39, 0.29) is 11.5 Å². The van der Waals surface area contributed by atoms with Gasteiger partial charge in [-0.15, -0.1) is 0 Å². The van der Waals surface area contributed by atoms with Gasteiger partial charge in [-0.2, -0.15) is 0 Å². The normalized spacial score (nSPS) is 12.3. The molecule has 0 saturated carbocycles. The Balaban J connectivity index is 3.22. The lowest BCUT2D eigenvalue weighted by atomic mass is 9.98. The highest BCUT2D eigenvalue weighted by atomic mass is 16.5. The average molecular weight is 209 g/mol. The number of rotatable bonds is 2. The van der Waals surface area contributed by atoms with E-state index < -0.39 is 5.92 Å². The summed E-state index contributed by atoms with van der Waals surface area (Å²) < 4.78 is 6.13. The molecule has 4 heteroatoms. The van der Waals surface area contributed by atoms with Crippen molar-refractivity contribution < 1.29 is 9.53 Å². The number of hydrogen-bond acceptors (Lipinski definition) is 3. The van der Waals surface area contributed by atoms with Crippen LogP contribution in [0.1, 0.15) is 24.0 Å². The van der Waals surface area contributed by atoms with Gasteiger partial charge in [-0.3, -0.25) is 9.59 Å². The Bertz CT molecular complexity index is 434. The molecule has 4 nitrogen and oxygen atoms in total. The molecule has 0 saturated heterocycles. The van der Waals surface area contributed by atoms with Gasteiger partial charge in [0, 0.05) is 18.8 Å². The quantitative estimate of drug-likeness (QED) is 0.682. The van der Waals surface area contributed by atoms with Gasteiger partial charge in [-0.05, 0) is 25.5 Å². The van der Waals surface area contributed by atoms with E-state index >= 15 is 0 Å². The third-order valence-electron chi connectivity index (χ3n) is 2.57. The Hall–Kier alpha value is -1.58. The first-order chi connectivity index (χ1) is 6.99. The second-order valence-electron chi connectivity index (χ2n) is 3.56. The molecule has 0 amide bonds. The minimum absolute atomic E-state index is 0.0803. The Labute approximate surface area is 88.5 Å². The lowest BCUT2D eigenvalue weighted by molar-refractivity contribution is -0.142. The van der Waals surface area contributed by atoms with Crippen molar-refractivity contribution in [3.63, 3.8) is 0 Å². The fourth-order valence-electron chi connectivity index (χ4n) is 1.55. The fourth-order valence-corrected chi connectivity index (χ4v) is 1.55. The molecule has 1 unspecified atom stereocenters. The van der Waals surface area contributed by atoms with Crippen LogP contribution in [0.2, 0.25) is 0 Å². The number of pyridine rings is 1. The first-order valence-electron chi connectivity index (χ1n) is 4.73. The van der Waals surface area contributed by atoms with Crippen LogP contribution in [0.4, 0.5) is 0 Å². The van der Waals surface area contributed by atoms with Crippen molar-refractivity contribution in [3.05, 3.63) is 33.7 Å². The van der Waals surface area contributed by atoms with Gasteiger partial charge in [-0.1, -0.05) is 0 Å². The van der Waals surface area contributed by atoms with Crippen LogP contribution in [-0.2, 0) is 16.6 Å². The van der Waals surface area contributed by atoms with Crippen LogP contribution in [0, 0.1) is 6.92 Å². The largest absolute Gasteiger partial charge is 0.469 e. The summed E-state index contributed by atoms with van der Waals surface area (Å²) in [6.07, 6.45) is 1.66. The molecule has 0 spiro atoms. The fraction of sp³-hybridized carbons (Fsp3) is 0.455. The number of esters is 1. The van der Waals surface area contributed by atoms with Gasteiger partial charge < -0.3 is 9.30 Å². The summed E-state index contributed by atoms with van der Waals surface area (Å²) in [5, 5.41) is 0. The number of aryl methyl sites for hydroxylation is 1.